The Balaban J connectivity index is 2.91. The van der Waals surface area contributed by atoms with Gasteiger partial charge in [-0.05, 0) is 0 Å². The summed E-state index contributed by atoms with van der Waals surface area (Å²) in [6.45, 7) is 8.15. The number of aliphatic imine (C=N–C) groups is 1. The molecule has 3 nitrogen and oxygen atoms in total. The standard InChI is InChI=1S/C10H18N2OSe/c1-9(2)5-8(11-7-14)6-10(3,4)12(9)13/h8,13H,5-6H2,1-4H3. The van der Waals surface area contributed by atoms with Gasteiger partial charge in [0.1, 0.15) is 0 Å². The first-order chi connectivity index (χ1) is 6.29. The SMILES string of the molecule is CC1(C)CC(N=C=[Se])CC(C)(C)N1O. The predicted octanol–water partition coefficient (Wildman–Crippen LogP) is 1.47. The number of hydrogen-bond acceptors (Lipinski definition) is 3. The van der Waals surface area contributed by atoms with Crippen molar-refractivity contribution in [1.82, 2.24) is 5.06 Å². The molecule has 1 N–H and O–H groups in total. The van der Waals surface area contributed by atoms with Crippen molar-refractivity contribution in [2.24, 2.45) is 4.99 Å². The van der Waals surface area contributed by atoms with Gasteiger partial charge in [-0.2, -0.15) is 0 Å². The molecule has 0 aromatic carbocycles. The van der Waals surface area contributed by atoms with Gasteiger partial charge in [0, 0.05) is 0 Å². The van der Waals surface area contributed by atoms with Crippen LogP contribution >= 0.6 is 0 Å². The van der Waals surface area contributed by atoms with Crippen molar-refractivity contribution < 1.29 is 5.21 Å². The Kier molecular flexibility index (Phi) is 3.35. The molecule has 0 unspecified atom stereocenters. The summed E-state index contributed by atoms with van der Waals surface area (Å²) in [5.41, 5.74) is -0.431. The molecule has 1 aliphatic rings. The fourth-order valence-electron chi connectivity index (χ4n) is 2.38. The molecule has 1 fully saturated rings. The molecule has 1 rings (SSSR count). The maximum absolute atomic E-state index is 10.0. The summed E-state index contributed by atoms with van der Waals surface area (Å²) in [5, 5.41) is 11.5. The Labute approximate surface area is 93.5 Å². The van der Waals surface area contributed by atoms with Crippen LogP contribution in [0.25, 0.3) is 0 Å². The zero-order valence-corrected chi connectivity index (χ0v) is 11.0. The molecule has 0 radical (unpaired) electrons. The molecule has 0 spiro atoms. The molecule has 0 aromatic rings. The van der Waals surface area contributed by atoms with E-state index in [4.69, 9.17) is 0 Å². The van der Waals surface area contributed by atoms with Crippen molar-refractivity contribution in [1.29, 1.82) is 0 Å². The van der Waals surface area contributed by atoms with Crippen LogP contribution in [0.1, 0.15) is 40.5 Å². The van der Waals surface area contributed by atoms with E-state index in [2.05, 4.69) is 25.3 Å². The van der Waals surface area contributed by atoms with Gasteiger partial charge in [0.15, 0.2) is 0 Å². The third kappa shape index (κ3) is 2.33. The van der Waals surface area contributed by atoms with Gasteiger partial charge in [-0.3, -0.25) is 0 Å². The molecule has 1 aliphatic heterocycles. The average Bonchev–Trinajstić information content (AvgIpc) is 1.99. The molecular weight excluding hydrogens is 243 g/mol. The van der Waals surface area contributed by atoms with Gasteiger partial charge in [-0.25, -0.2) is 0 Å². The second kappa shape index (κ2) is 3.88. The fraction of sp³-hybridized carbons (Fsp3) is 0.900. The number of hydrogen-bond donors (Lipinski definition) is 1. The van der Waals surface area contributed by atoms with E-state index in [9.17, 15) is 5.21 Å². The first-order valence-corrected chi connectivity index (χ1v) is 5.71. The Morgan fingerprint density at radius 2 is 1.71 bits per heavy atom. The third-order valence-corrected chi connectivity index (χ3v) is 3.07. The quantitative estimate of drug-likeness (QED) is 0.573. The Hall–Kier alpha value is 0.0195. The molecule has 4 heteroatoms. The molecule has 0 amide bonds. The number of piperidine rings is 1. The summed E-state index contributed by atoms with van der Waals surface area (Å²) in [5.74, 6) is 0. The van der Waals surface area contributed by atoms with Crippen molar-refractivity contribution in [2.45, 2.75) is 57.7 Å². The second-order valence-corrected chi connectivity index (χ2v) is 5.60. The average molecular weight is 261 g/mol. The Morgan fingerprint density at radius 3 is 2.07 bits per heavy atom. The van der Waals surface area contributed by atoms with Crippen LogP contribution in [-0.4, -0.2) is 47.7 Å². The maximum atomic E-state index is 10.0. The molecule has 14 heavy (non-hydrogen) atoms. The third-order valence-electron chi connectivity index (χ3n) is 2.85. The predicted molar refractivity (Wildman–Crippen MR) is 58.0 cm³/mol. The second-order valence-electron chi connectivity index (χ2n) is 5.22. The Bertz CT molecular complexity index is 251. The summed E-state index contributed by atoms with van der Waals surface area (Å²) in [6.07, 6.45) is 1.73. The monoisotopic (exact) mass is 262 g/mol. The van der Waals surface area contributed by atoms with Crippen molar-refractivity contribution in [2.75, 3.05) is 0 Å². The van der Waals surface area contributed by atoms with Crippen molar-refractivity contribution in [3.05, 3.63) is 0 Å². The summed E-state index contributed by atoms with van der Waals surface area (Å²) in [7, 11) is 0. The van der Waals surface area contributed by atoms with Crippen LogP contribution in [0.3, 0.4) is 0 Å². The van der Waals surface area contributed by atoms with Crippen LogP contribution < -0.4 is 0 Å². The van der Waals surface area contributed by atoms with Gasteiger partial charge in [-0.15, -0.1) is 0 Å². The molecule has 0 aromatic heterocycles. The number of nitrogens with zero attached hydrogens (tertiary/aromatic N) is 2. The number of rotatable bonds is 1. The van der Waals surface area contributed by atoms with Gasteiger partial charge in [0.25, 0.3) is 0 Å². The van der Waals surface area contributed by atoms with E-state index >= 15 is 0 Å². The van der Waals surface area contributed by atoms with E-state index in [0.29, 0.717) is 0 Å². The summed E-state index contributed by atoms with van der Waals surface area (Å²) in [4.78, 5) is 4.27. The molecule has 0 aliphatic carbocycles. The molecule has 0 bridgehead atoms. The van der Waals surface area contributed by atoms with E-state index in [-0.39, 0.29) is 17.1 Å². The van der Waals surface area contributed by atoms with Crippen molar-refractivity contribution >= 4 is 20.3 Å². The van der Waals surface area contributed by atoms with Crippen molar-refractivity contribution in [3.63, 3.8) is 0 Å². The number of hydroxylamine groups is 2. The first-order valence-electron chi connectivity index (χ1n) is 4.86. The normalized spacial score (nSPS) is 26.9. The van der Waals surface area contributed by atoms with Gasteiger partial charge >= 0.3 is 93.2 Å². The topological polar surface area (TPSA) is 35.8 Å². The van der Waals surface area contributed by atoms with Crippen molar-refractivity contribution in [3.8, 4) is 0 Å². The molecular formula is C10H18N2OSe. The summed E-state index contributed by atoms with van der Waals surface area (Å²) < 4.78 is 2.73. The van der Waals surface area contributed by atoms with Crippen LogP contribution in [0, 0.1) is 0 Å². The van der Waals surface area contributed by atoms with E-state index in [1.807, 2.05) is 27.7 Å². The van der Waals surface area contributed by atoms with Gasteiger partial charge < -0.3 is 0 Å². The van der Waals surface area contributed by atoms with Crippen LogP contribution in [0.5, 0.6) is 0 Å². The zero-order chi connectivity index (χ0) is 11.0. The van der Waals surface area contributed by atoms with Crippen LogP contribution in [0.15, 0.2) is 4.99 Å². The van der Waals surface area contributed by atoms with E-state index < -0.39 is 0 Å². The van der Waals surface area contributed by atoms with E-state index in [1.165, 1.54) is 5.06 Å². The van der Waals surface area contributed by atoms with Gasteiger partial charge in [-0.1, -0.05) is 0 Å². The molecule has 0 saturated carbocycles. The van der Waals surface area contributed by atoms with Gasteiger partial charge in [0.05, 0.1) is 0 Å². The Morgan fingerprint density at radius 1 is 1.29 bits per heavy atom. The first kappa shape index (κ1) is 12.1. The minimum atomic E-state index is -0.216. The summed E-state index contributed by atoms with van der Waals surface area (Å²) >= 11 is 2.66. The summed E-state index contributed by atoms with van der Waals surface area (Å²) in [6, 6.07) is 0.254. The van der Waals surface area contributed by atoms with Crippen LogP contribution in [0.4, 0.5) is 0 Å². The fourth-order valence-corrected chi connectivity index (χ4v) is 2.70. The van der Waals surface area contributed by atoms with E-state index in [0.717, 1.165) is 12.8 Å². The van der Waals surface area contributed by atoms with Crippen LogP contribution in [-0.2, 0) is 0 Å². The molecule has 0 atom stereocenters. The minimum absolute atomic E-state index is 0.216. The zero-order valence-electron chi connectivity index (χ0n) is 9.24. The molecule has 1 saturated heterocycles. The molecule has 80 valence electrons. The molecule has 1 heterocycles. The van der Waals surface area contributed by atoms with E-state index in [1.54, 1.807) is 0 Å². The van der Waals surface area contributed by atoms with Gasteiger partial charge in [0.2, 0.25) is 0 Å². The van der Waals surface area contributed by atoms with Crippen LogP contribution in [0.2, 0.25) is 0 Å².